The molecular weight excluding hydrogens is 376 g/mol. The number of amides is 1. The molecule has 0 heterocycles. The molecule has 0 radical (unpaired) electrons. The average Bonchev–Trinajstić information content (AvgIpc) is 2.68. The van der Waals surface area contributed by atoms with Crippen molar-refractivity contribution in [1.29, 1.82) is 0 Å². The Morgan fingerprint density at radius 1 is 1.07 bits per heavy atom. The predicted octanol–water partition coefficient (Wildman–Crippen LogP) is 5.34. The van der Waals surface area contributed by atoms with Gasteiger partial charge in [-0.1, -0.05) is 38.3 Å². The van der Waals surface area contributed by atoms with Crippen LogP contribution < -0.4 is 9.62 Å². The van der Waals surface area contributed by atoms with E-state index < -0.39 is 11.0 Å². The topological polar surface area (TPSA) is 49.4 Å². The lowest BCUT2D eigenvalue weighted by atomic mass is 10.1. The van der Waals surface area contributed by atoms with Gasteiger partial charge in [0, 0.05) is 23.9 Å². The van der Waals surface area contributed by atoms with Gasteiger partial charge in [0.05, 0.1) is 11.3 Å². The molecule has 0 bridgehead atoms. The Labute approximate surface area is 169 Å². The van der Waals surface area contributed by atoms with Gasteiger partial charge in [0.25, 0.3) is 5.91 Å². The van der Waals surface area contributed by atoms with Gasteiger partial charge in [0.15, 0.2) is 0 Å². The van der Waals surface area contributed by atoms with Crippen molar-refractivity contribution in [2.45, 2.75) is 37.5 Å². The van der Waals surface area contributed by atoms with E-state index in [9.17, 15) is 9.00 Å². The van der Waals surface area contributed by atoms with Crippen molar-refractivity contribution in [3.05, 3.63) is 54.1 Å². The van der Waals surface area contributed by atoms with Crippen molar-refractivity contribution in [1.82, 2.24) is 0 Å². The number of para-hydroxylation sites is 1. The maximum Gasteiger partial charge on any atom is 0.257 e. The van der Waals surface area contributed by atoms with Crippen molar-refractivity contribution >= 4 is 40.0 Å². The zero-order chi connectivity index (χ0) is 19.6. The number of nitrogens with zero attached hydrogens (tertiary/aromatic N) is 1. The summed E-state index contributed by atoms with van der Waals surface area (Å²) in [6.07, 6.45) is 6.67. The number of rotatable bonds is 10. The molecule has 2 aromatic carbocycles. The van der Waals surface area contributed by atoms with Crippen LogP contribution in [0.2, 0.25) is 0 Å². The standard InChI is InChI=1S/C21H28N2O2S2/c1-4-5-6-9-16-26-18-14-12-17(13-15-18)22-21(24)19-10-7-8-11-20(19)23(2)27(3)25/h7-8,10-15H,4-6,9,16H2,1-3H3,(H,22,24). The first kappa shape index (κ1) is 21.5. The number of anilines is 2. The number of nitrogens with one attached hydrogen (secondary N) is 1. The minimum atomic E-state index is -1.19. The molecule has 0 saturated carbocycles. The van der Waals surface area contributed by atoms with Crippen LogP contribution in [0.1, 0.15) is 43.0 Å². The Morgan fingerprint density at radius 3 is 2.44 bits per heavy atom. The summed E-state index contributed by atoms with van der Waals surface area (Å²) in [6, 6.07) is 15.1. The van der Waals surface area contributed by atoms with Gasteiger partial charge in [-0.05, 0) is 48.6 Å². The van der Waals surface area contributed by atoms with Gasteiger partial charge in [-0.3, -0.25) is 9.10 Å². The van der Waals surface area contributed by atoms with Crippen LogP contribution in [-0.2, 0) is 11.0 Å². The average molecular weight is 405 g/mol. The van der Waals surface area contributed by atoms with Gasteiger partial charge in [-0.2, -0.15) is 0 Å². The highest BCUT2D eigenvalue weighted by Gasteiger charge is 2.15. The molecule has 1 atom stereocenters. The largest absolute Gasteiger partial charge is 0.322 e. The molecule has 146 valence electrons. The molecule has 4 nitrogen and oxygen atoms in total. The monoisotopic (exact) mass is 404 g/mol. The van der Waals surface area contributed by atoms with Gasteiger partial charge in [0.1, 0.15) is 11.0 Å². The summed E-state index contributed by atoms with van der Waals surface area (Å²) in [5, 5.41) is 2.93. The number of hydrogen-bond acceptors (Lipinski definition) is 3. The summed E-state index contributed by atoms with van der Waals surface area (Å²) in [4.78, 5) is 13.9. The Balaban J connectivity index is 1.97. The highest BCUT2D eigenvalue weighted by molar-refractivity contribution is 7.99. The van der Waals surface area contributed by atoms with Crippen LogP contribution in [0.5, 0.6) is 0 Å². The van der Waals surface area contributed by atoms with Crippen LogP contribution in [-0.4, -0.2) is 29.2 Å². The van der Waals surface area contributed by atoms with Crippen LogP contribution in [0, 0.1) is 0 Å². The highest BCUT2D eigenvalue weighted by atomic mass is 32.2. The van der Waals surface area contributed by atoms with Crippen molar-refractivity contribution in [2.24, 2.45) is 0 Å². The van der Waals surface area contributed by atoms with Gasteiger partial charge in [0.2, 0.25) is 0 Å². The smallest absolute Gasteiger partial charge is 0.257 e. The fourth-order valence-electron chi connectivity index (χ4n) is 2.63. The molecule has 0 aliphatic heterocycles. The lowest BCUT2D eigenvalue weighted by Crippen LogP contribution is -2.23. The molecular formula is C21H28N2O2S2. The molecule has 0 saturated heterocycles. The lowest BCUT2D eigenvalue weighted by Gasteiger charge is -2.19. The second-order valence-corrected chi connectivity index (χ2v) is 8.89. The van der Waals surface area contributed by atoms with Crippen LogP contribution in [0.4, 0.5) is 11.4 Å². The van der Waals surface area contributed by atoms with E-state index in [0.29, 0.717) is 11.3 Å². The van der Waals surface area contributed by atoms with Gasteiger partial charge in [-0.25, -0.2) is 4.21 Å². The summed E-state index contributed by atoms with van der Waals surface area (Å²) < 4.78 is 13.4. The fourth-order valence-corrected chi connectivity index (χ4v) is 3.98. The van der Waals surface area contributed by atoms with Gasteiger partial charge < -0.3 is 5.32 Å². The lowest BCUT2D eigenvalue weighted by molar-refractivity contribution is 0.102. The van der Waals surface area contributed by atoms with Gasteiger partial charge >= 0.3 is 0 Å². The maximum atomic E-state index is 12.7. The van der Waals surface area contributed by atoms with Crippen LogP contribution in [0.3, 0.4) is 0 Å². The molecule has 0 fully saturated rings. The number of hydrogen-bond donors (Lipinski definition) is 1. The third-order valence-corrected chi connectivity index (χ3v) is 6.32. The van der Waals surface area contributed by atoms with Crippen molar-refractivity contribution in [3.8, 4) is 0 Å². The maximum absolute atomic E-state index is 12.7. The Morgan fingerprint density at radius 2 is 1.78 bits per heavy atom. The van der Waals surface area contributed by atoms with E-state index in [1.165, 1.54) is 30.6 Å². The second kappa shape index (κ2) is 11.1. The summed E-state index contributed by atoms with van der Waals surface area (Å²) in [6.45, 7) is 2.22. The third kappa shape index (κ3) is 6.70. The van der Waals surface area contributed by atoms with Gasteiger partial charge in [-0.15, -0.1) is 11.8 Å². The minimum absolute atomic E-state index is 0.206. The molecule has 0 spiro atoms. The molecule has 2 aromatic rings. The number of thioether (sulfide) groups is 1. The van der Waals surface area contributed by atoms with Crippen molar-refractivity contribution in [2.75, 3.05) is 28.7 Å². The minimum Gasteiger partial charge on any atom is -0.322 e. The number of benzene rings is 2. The van der Waals surface area contributed by atoms with Crippen molar-refractivity contribution < 1.29 is 9.00 Å². The normalized spacial score (nSPS) is 11.8. The van der Waals surface area contributed by atoms with Crippen LogP contribution >= 0.6 is 11.8 Å². The van der Waals surface area contributed by atoms with E-state index in [2.05, 4.69) is 12.2 Å². The SMILES string of the molecule is CCCCCCSc1ccc(NC(=O)c2ccccc2N(C)S(C)=O)cc1. The van der Waals surface area contributed by atoms with E-state index in [0.717, 1.165) is 11.4 Å². The summed E-state index contributed by atoms with van der Waals surface area (Å²) in [5.41, 5.74) is 1.91. The van der Waals surface area contributed by atoms with E-state index in [-0.39, 0.29) is 5.91 Å². The molecule has 1 N–H and O–H groups in total. The van der Waals surface area contributed by atoms with E-state index in [1.54, 1.807) is 29.7 Å². The molecule has 6 heteroatoms. The Bertz CT molecular complexity index is 763. The summed E-state index contributed by atoms with van der Waals surface area (Å²) in [7, 11) is 0.524. The highest BCUT2D eigenvalue weighted by Crippen LogP contribution is 2.24. The van der Waals surface area contributed by atoms with Crippen LogP contribution in [0.25, 0.3) is 0 Å². The zero-order valence-electron chi connectivity index (χ0n) is 16.2. The van der Waals surface area contributed by atoms with E-state index >= 15 is 0 Å². The first-order valence-corrected chi connectivity index (χ1v) is 11.7. The quantitative estimate of drug-likeness (QED) is 0.429. The molecule has 1 unspecified atom stereocenters. The number of unbranched alkanes of at least 4 members (excludes halogenated alkanes) is 3. The predicted molar refractivity (Wildman–Crippen MR) is 118 cm³/mol. The molecule has 2 rings (SSSR count). The summed E-state index contributed by atoms with van der Waals surface area (Å²) in [5.74, 6) is 0.919. The van der Waals surface area contributed by atoms with E-state index in [1.807, 2.05) is 48.2 Å². The number of carbonyl (C=O) groups excluding carboxylic acids is 1. The molecule has 0 aliphatic carbocycles. The molecule has 1 amide bonds. The van der Waals surface area contributed by atoms with E-state index in [4.69, 9.17) is 0 Å². The first-order valence-electron chi connectivity index (χ1n) is 9.23. The second-order valence-electron chi connectivity index (χ2n) is 6.33. The summed E-state index contributed by atoms with van der Waals surface area (Å²) >= 11 is 1.85. The molecule has 0 aliphatic rings. The Hall–Kier alpha value is -1.79. The van der Waals surface area contributed by atoms with Crippen molar-refractivity contribution in [3.63, 3.8) is 0 Å². The molecule has 0 aromatic heterocycles. The number of carbonyl (C=O) groups is 1. The first-order chi connectivity index (χ1) is 13.0. The molecule has 27 heavy (non-hydrogen) atoms. The van der Waals surface area contributed by atoms with Crippen LogP contribution in [0.15, 0.2) is 53.4 Å². The zero-order valence-corrected chi connectivity index (χ0v) is 17.9. The Kier molecular flexibility index (Phi) is 8.88. The third-order valence-electron chi connectivity index (χ3n) is 4.25. The fraction of sp³-hybridized carbons (Fsp3) is 0.381.